The Morgan fingerprint density at radius 2 is 2.40 bits per heavy atom. The first-order valence-electron chi connectivity index (χ1n) is 4.96. The maximum atomic E-state index is 4.43. The fourth-order valence-corrected chi connectivity index (χ4v) is 2.07. The predicted octanol–water partition coefficient (Wildman–Crippen LogP) is 2.35. The smallest absolute Gasteiger partial charge is 0.183 e. The molecule has 0 atom stereocenters. The lowest BCUT2D eigenvalue weighted by Gasteiger charge is -2.00. The topological polar surface area (TPSA) is 53.6 Å². The third-order valence-electron chi connectivity index (χ3n) is 2.28. The summed E-state index contributed by atoms with van der Waals surface area (Å²) in [6, 6.07) is 0. The molecule has 2 heterocycles. The molecular weight excluding hydrogens is 208 g/mol. The molecule has 0 aromatic carbocycles. The van der Waals surface area contributed by atoms with E-state index in [9.17, 15) is 0 Å². The Kier molecular flexibility index (Phi) is 3.01. The molecule has 0 aliphatic rings. The zero-order valence-electron chi connectivity index (χ0n) is 8.87. The van der Waals surface area contributed by atoms with Crippen LogP contribution in [0.3, 0.4) is 0 Å². The average Bonchev–Trinajstić information content (AvgIpc) is 2.84. The number of aromatic amines is 1. The Morgan fingerprint density at radius 3 is 3.00 bits per heavy atom. The summed E-state index contributed by atoms with van der Waals surface area (Å²) in [5, 5.41) is 13.2. The molecule has 15 heavy (non-hydrogen) atoms. The van der Waals surface area contributed by atoms with Crippen LogP contribution in [0.1, 0.15) is 23.9 Å². The molecule has 5 heteroatoms. The summed E-state index contributed by atoms with van der Waals surface area (Å²) < 4.78 is 0. The highest BCUT2D eigenvalue weighted by Gasteiger charge is 2.02. The fraction of sp³-hybridized carbons (Fsp3) is 0.400. The molecule has 0 aliphatic heterocycles. The zero-order chi connectivity index (χ0) is 10.7. The highest BCUT2D eigenvalue weighted by Crippen LogP contribution is 2.16. The van der Waals surface area contributed by atoms with Crippen LogP contribution in [0.5, 0.6) is 0 Å². The van der Waals surface area contributed by atoms with Crippen molar-refractivity contribution >= 4 is 16.5 Å². The van der Waals surface area contributed by atoms with Crippen LogP contribution in [-0.2, 0) is 13.0 Å². The molecule has 0 bridgehead atoms. The van der Waals surface area contributed by atoms with Crippen molar-refractivity contribution in [3.05, 3.63) is 28.5 Å². The van der Waals surface area contributed by atoms with E-state index in [0.29, 0.717) is 0 Å². The van der Waals surface area contributed by atoms with E-state index in [0.717, 1.165) is 29.5 Å². The highest BCUT2D eigenvalue weighted by molar-refractivity contribution is 7.13. The van der Waals surface area contributed by atoms with Crippen molar-refractivity contribution in [2.45, 2.75) is 26.8 Å². The minimum Gasteiger partial charge on any atom is -0.357 e. The minimum atomic E-state index is 0.777. The van der Waals surface area contributed by atoms with Crippen molar-refractivity contribution in [1.82, 2.24) is 15.2 Å². The molecule has 2 aromatic heterocycles. The summed E-state index contributed by atoms with van der Waals surface area (Å²) in [4.78, 5) is 4.43. The summed E-state index contributed by atoms with van der Waals surface area (Å²) in [6.45, 7) is 4.90. The average molecular weight is 222 g/mol. The number of hydrogen-bond donors (Lipinski definition) is 2. The van der Waals surface area contributed by atoms with Crippen LogP contribution in [-0.4, -0.2) is 15.2 Å². The number of nitrogens with zero attached hydrogens (tertiary/aromatic N) is 2. The van der Waals surface area contributed by atoms with E-state index in [1.807, 2.05) is 13.1 Å². The van der Waals surface area contributed by atoms with Crippen molar-refractivity contribution < 1.29 is 0 Å². The first-order chi connectivity index (χ1) is 7.29. The van der Waals surface area contributed by atoms with Crippen LogP contribution in [0, 0.1) is 6.92 Å². The number of thiazole rings is 1. The second kappa shape index (κ2) is 4.44. The van der Waals surface area contributed by atoms with Crippen molar-refractivity contribution in [2.24, 2.45) is 0 Å². The largest absolute Gasteiger partial charge is 0.357 e. The van der Waals surface area contributed by atoms with Gasteiger partial charge in [-0.1, -0.05) is 6.92 Å². The van der Waals surface area contributed by atoms with Gasteiger partial charge in [0.1, 0.15) is 0 Å². The molecule has 4 nitrogen and oxygen atoms in total. The number of aromatic nitrogens is 3. The van der Waals surface area contributed by atoms with Crippen LogP contribution in [0.15, 0.2) is 11.6 Å². The zero-order valence-corrected chi connectivity index (χ0v) is 9.69. The Hall–Kier alpha value is -1.36. The molecule has 2 aromatic rings. The normalized spacial score (nSPS) is 10.5. The third kappa shape index (κ3) is 2.36. The third-order valence-corrected chi connectivity index (χ3v) is 3.13. The van der Waals surface area contributed by atoms with Gasteiger partial charge in [-0.25, -0.2) is 4.98 Å². The molecule has 0 aliphatic carbocycles. The Labute approximate surface area is 92.8 Å². The predicted molar refractivity (Wildman–Crippen MR) is 62.1 cm³/mol. The molecule has 0 fully saturated rings. The lowest BCUT2D eigenvalue weighted by Crippen LogP contribution is -1.99. The summed E-state index contributed by atoms with van der Waals surface area (Å²) in [5.74, 6) is 0. The van der Waals surface area contributed by atoms with E-state index in [1.54, 1.807) is 11.3 Å². The van der Waals surface area contributed by atoms with Crippen molar-refractivity contribution in [3.63, 3.8) is 0 Å². The van der Waals surface area contributed by atoms with E-state index in [-0.39, 0.29) is 0 Å². The van der Waals surface area contributed by atoms with E-state index < -0.39 is 0 Å². The summed E-state index contributed by atoms with van der Waals surface area (Å²) >= 11 is 1.65. The van der Waals surface area contributed by atoms with Gasteiger partial charge in [-0.15, -0.1) is 11.3 Å². The van der Waals surface area contributed by atoms with Gasteiger partial charge >= 0.3 is 0 Å². The SMILES string of the molecule is CCc1csc(NCc2cn[nH]c2C)n1. The van der Waals surface area contributed by atoms with Crippen LogP contribution in [0.25, 0.3) is 0 Å². The van der Waals surface area contributed by atoms with Crippen LogP contribution < -0.4 is 5.32 Å². The lowest BCUT2D eigenvalue weighted by molar-refractivity contribution is 1.03. The van der Waals surface area contributed by atoms with Crippen molar-refractivity contribution in [2.75, 3.05) is 5.32 Å². The summed E-state index contributed by atoms with van der Waals surface area (Å²) in [7, 11) is 0. The van der Waals surface area contributed by atoms with Gasteiger partial charge in [-0.3, -0.25) is 5.10 Å². The Balaban J connectivity index is 1.96. The molecule has 0 unspecified atom stereocenters. The molecule has 0 amide bonds. The van der Waals surface area contributed by atoms with Gasteiger partial charge < -0.3 is 5.32 Å². The Morgan fingerprint density at radius 1 is 1.53 bits per heavy atom. The number of nitrogens with one attached hydrogen (secondary N) is 2. The number of hydrogen-bond acceptors (Lipinski definition) is 4. The molecule has 80 valence electrons. The maximum Gasteiger partial charge on any atom is 0.183 e. The van der Waals surface area contributed by atoms with Gasteiger partial charge in [-0.2, -0.15) is 5.10 Å². The molecule has 2 N–H and O–H groups in total. The summed E-state index contributed by atoms with van der Waals surface area (Å²) in [5.41, 5.74) is 3.43. The van der Waals surface area contributed by atoms with Crippen LogP contribution in [0.4, 0.5) is 5.13 Å². The van der Waals surface area contributed by atoms with Gasteiger partial charge in [0.2, 0.25) is 0 Å². The van der Waals surface area contributed by atoms with Crippen LogP contribution in [0.2, 0.25) is 0 Å². The number of H-pyrrole nitrogens is 1. The number of rotatable bonds is 4. The Bertz CT molecular complexity index is 432. The van der Waals surface area contributed by atoms with Gasteiger partial charge in [0.05, 0.1) is 11.9 Å². The van der Waals surface area contributed by atoms with Gasteiger partial charge in [-0.05, 0) is 13.3 Å². The quantitative estimate of drug-likeness (QED) is 0.835. The van der Waals surface area contributed by atoms with E-state index in [2.05, 4.69) is 32.8 Å². The molecule has 0 radical (unpaired) electrons. The van der Waals surface area contributed by atoms with Gasteiger partial charge in [0.25, 0.3) is 0 Å². The maximum absolute atomic E-state index is 4.43. The molecule has 0 spiro atoms. The van der Waals surface area contributed by atoms with Crippen molar-refractivity contribution in [3.8, 4) is 0 Å². The number of anilines is 1. The monoisotopic (exact) mass is 222 g/mol. The van der Waals surface area contributed by atoms with Crippen molar-refractivity contribution in [1.29, 1.82) is 0 Å². The fourth-order valence-electron chi connectivity index (χ4n) is 1.28. The molecule has 0 saturated heterocycles. The standard InChI is InChI=1S/C10H14N4S/c1-3-9-6-15-10(13-9)11-4-8-5-12-14-7(8)2/h5-6H,3-4H2,1-2H3,(H,11,13)(H,12,14). The minimum absolute atomic E-state index is 0.777. The number of aryl methyl sites for hydroxylation is 2. The van der Waals surface area contributed by atoms with Gasteiger partial charge in [0.15, 0.2) is 5.13 Å². The second-order valence-electron chi connectivity index (χ2n) is 3.37. The molecular formula is C10H14N4S. The van der Waals surface area contributed by atoms with Gasteiger partial charge in [0, 0.05) is 23.2 Å². The summed E-state index contributed by atoms with van der Waals surface area (Å²) in [6.07, 6.45) is 2.83. The first-order valence-corrected chi connectivity index (χ1v) is 5.84. The lowest BCUT2D eigenvalue weighted by atomic mass is 10.3. The molecule has 2 rings (SSSR count). The van der Waals surface area contributed by atoms with E-state index >= 15 is 0 Å². The van der Waals surface area contributed by atoms with Crippen LogP contribution >= 0.6 is 11.3 Å². The second-order valence-corrected chi connectivity index (χ2v) is 4.23. The highest BCUT2D eigenvalue weighted by atomic mass is 32.1. The first kappa shape index (κ1) is 10.2. The molecule has 0 saturated carbocycles. The van der Waals surface area contributed by atoms with E-state index in [4.69, 9.17) is 0 Å². The van der Waals surface area contributed by atoms with E-state index in [1.165, 1.54) is 5.56 Å².